The van der Waals surface area contributed by atoms with Gasteiger partial charge in [-0.25, -0.2) is 9.97 Å². The summed E-state index contributed by atoms with van der Waals surface area (Å²) in [7, 11) is 0.913. The van der Waals surface area contributed by atoms with Gasteiger partial charge < -0.3 is 25.8 Å². The first-order chi connectivity index (χ1) is 21.6. The fourth-order valence-electron chi connectivity index (χ4n) is 4.28. The number of halogens is 3. The number of benzene rings is 1. The Hall–Kier alpha value is -4.59. The van der Waals surface area contributed by atoms with E-state index in [0.717, 1.165) is 6.07 Å². The summed E-state index contributed by atoms with van der Waals surface area (Å²) < 4.78 is 66.4. The molecule has 4 rings (SSSR count). The van der Waals surface area contributed by atoms with E-state index >= 15 is 0 Å². The van der Waals surface area contributed by atoms with Crippen molar-refractivity contribution in [1.29, 1.82) is 0 Å². The summed E-state index contributed by atoms with van der Waals surface area (Å²) in [6.45, 7) is 2.52. The molecule has 0 aliphatic carbocycles. The zero-order valence-corrected chi connectivity index (χ0v) is 25.6. The van der Waals surface area contributed by atoms with E-state index in [9.17, 15) is 22.5 Å². The highest BCUT2D eigenvalue weighted by molar-refractivity contribution is 7.38. The highest BCUT2D eigenvalue weighted by atomic mass is 31.1. The molecule has 4 N–H and O–H groups in total. The number of pyridine rings is 2. The lowest BCUT2D eigenvalue weighted by Crippen LogP contribution is -2.21. The summed E-state index contributed by atoms with van der Waals surface area (Å²) in [5.41, 5.74) is 0.504. The monoisotopic (exact) mass is 646 g/mol. The Morgan fingerprint density at radius 1 is 1.09 bits per heavy atom. The number of nitrogens with one attached hydrogen (secondary N) is 3. The number of aromatic nitrogens is 4. The maximum absolute atomic E-state index is 14.1. The highest BCUT2D eigenvalue weighted by Crippen LogP contribution is 2.39. The molecule has 238 valence electrons. The third kappa shape index (κ3) is 8.53. The molecule has 1 unspecified atom stereocenters. The minimum Gasteiger partial charge on any atom is -0.495 e. The number of carbonyl (C=O) groups is 1. The fraction of sp³-hybridized carbons (Fsp3) is 0.310. The first kappa shape index (κ1) is 33.3. The van der Waals surface area contributed by atoms with E-state index in [4.69, 9.17) is 14.4 Å². The Morgan fingerprint density at radius 2 is 1.87 bits per heavy atom. The molecule has 0 saturated carbocycles. The van der Waals surface area contributed by atoms with Gasteiger partial charge in [0.25, 0.3) is 5.91 Å². The number of hydrogen-bond donors (Lipinski definition) is 4. The quantitative estimate of drug-likeness (QED) is 0.122. The molecule has 0 fully saturated rings. The summed E-state index contributed by atoms with van der Waals surface area (Å²) in [6, 6.07) is 9.15. The van der Waals surface area contributed by atoms with Crippen LogP contribution in [0.25, 0.3) is 11.3 Å². The molecule has 0 radical (unpaired) electrons. The Bertz CT molecular complexity index is 1670. The third-order valence-electron chi connectivity index (χ3n) is 6.40. The lowest BCUT2D eigenvalue weighted by atomic mass is 10.1. The Morgan fingerprint density at radius 3 is 2.56 bits per heavy atom. The van der Waals surface area contributed by atoms with E-state index in [1.807, 2.05) is 0 Å². The first-order valence-corrected chi connectivity index (χ1v) is 15.1. The van der Waals surface area contributed by atoms with Crippen LogP contribution in [-0.4, -0.2) is 58.1 Å². The van der Waals surface area contributed by atoms with Crippen LogP contribution in [0.15, 0.2) is 55.0 Å². The van der Waals surface area contributed by atoms with Crippen LogP contribution in [-0.2, 0) is 28.0 Å². The SMILES string of the molecule is CCO[P+](=O)Cc1ccc(Nc2cc(Nc3ccc(-c4cnn(CCCO)c4)nc3C(=O)NC)c(C(F)(F)F)cn2)c(OC)c1. The normalized spacial score (nSPS) is 11.7. The van der Waals surface area contributed by atoms with Crippen molar-refractivity contribution in [2.24, 2.45) is 0 Å². The van der Waals surface area contributed by atoms with Crippen molar-refractivity contribution in [1.82, 2.24) is 25.1 Å². The number of aryl methyl sites for hydroxylation is 1. The standard InChI is InChI=1S/C29H31F3N7O5P/c1-4-44-45(42)17-18-6-7-22(25(12-18)43-3)37-26-13-24(20(15-34-26)29(30,31)32)36-23-9-8-21(38-27(23)28(41)33-2)19-14-35-39(16-19)10-5-11-40/h6-9,12-16,40H,4-5,10-11,17H2,1-3H3,(H2-,33,34,36,37,41)/p+1. The number of nitrogens with zero attached hydrogens (tertiary/aromatic N) is 4. The minimum absolute atomic E-state index is 0.000907. The number of alkyl halides is 3. The fourth-order valence-corrected chi connectivity index (χ4v) is 5.15. The van der Waals surface area contributed by atoms with E-state index in [-0.39, 0.29) is 35.7 Å². The predicted molar refractivity (Wildman–Crippen MR) is 162 cm³/mol. The summed E-state index contributed by atoms with van der Waals surface area (Å²) in [6.07, 6.45) is -0.183. The Balaban J connectivity index is 1.67. The summed E-state index contributed by atoms with van der Waals surface area (Å²) in [4.78, 5) is 21.2. The van der Waals surface area contributed by atoms with Gasteiger partial charge in [0.1, 0.15) is 11.6 Å². The van der Waals surface area contributed by atoms with E-state index in [1.54, 1.807) is 48.3 Å². The number of ether oxygens (including phenoxy) is 1. The van der Waals surface area contributed by atoms with Crippen LogP contribution >= 0.6 is 8.03 Å². The van der Waals surface area contributed by atoms with Gasteiger partial charge in [0.15, 0.2) is 5.69 Å². The van der Waals surface area contributed by atoms with Crippen molar-refractivity contribution >= 4 is 36.8 Å². The van der Waals surface area contributed by atoms with E-state index < -0.39 is 25.7 Å². The van der Waals surface area contributed by atoms with Crippen LogP contribution in [0, 0.1) is 0 Å². The molecule has 4 aromatic rings. The topological polar surface area (TPSA) is 153 Å². The van der Waals surface area contributed by atoms with Crippen LogP contribution in [0.3, 0.4) is 0 Å². The number of aliphatic hydroxyl groups is 1. The molecule has 0 saturated heterocycles. The van der Waals surface area contributed by atoms with Crippen molar-refractivity contribution in [3.63, 3.8) is 0 Å². The second kappa shape index (κ2) is 14.9. The molecule has 0 spiro atoms. The molecule has 45 heavy (non-hydrogen) atoms. The highest BCUT2D eigenvalue weighted by Gasteiger charge is 2.35. The molecule has 0 aliphatic rings. The lowest BCUT2D eigenvalue weighted by molar-refractivity contribution is -0.137. The van der Waals surface area contributed by atoms with Gasteiger partial charge >= 0.3 is 14.2 Å². The van der Waals surface area contributed by atoms with Gasteiger partial charge in [0, 0.05) is 49.8 Å². The maximum Gasteiger partial charge on any atom is 0.512 e. The summed E-state index contributed by atoms with van der Waals surface area (Å²) in [5.74, 6) is -0.216. The van der Waals surface area contributed by atoms with Gasteiger partial charge in [-0.1, -0.05) is 6.07 Å². The van der Waals surface area contributed by atoms with Crippen molar-refractivity contribution in [2.75, 3.05) is 38.0 Å². The molecule has 0 aliphatic heterocycles. The number of aliphatic hydroxyl groups excluding tert-OH is 1. The maximum atomic E-state index is 14.1. The molecule has 3 heterocycles. The number of rotatable bonds is 14. The van der Waals surface area contributed by atoms with Crippen LogP contribution in [0.2, 0.25) is 0 Å². The van der Waals surface area contributed by atoms with Gasteiger partial charge in [0.05, 0.1) is 48.2 Å². The molecule has 1 amide bonds. The summed E-state index contributed by atoms with van der Waals surface area (Å²) in [5, 5.41) is 21.4. The van der Waals surface area contributed by atoms with Gasteiger partial charge in [-0.05, 0) is 42.2 Å². The Labute approximate surface area is 257 Å². The van der Waals surface area contributed by atoms with Crippen molar-refractivity contribution < 1.29 is 36.9 Å². The zero-order chi connectivity index (χ0) is 32.6. The van der Waals surface area contributed by atoms with Crippen molar-refractivity contribution in [2.45, 2.75) is 32.2 Å². The first-order valence-electron chi connectivity index (χ1n) is 13.8. The number of carbonyl (C=O) groups excluding carboxylic acids is 1. The molecule has 1 atom stereocenters. The number of hydrogen-bond acceptors (Lipinski definition) is 10. The zero-order valence-electron chi connectivity index (χ0n) is 24.7. The lowest BCUT2D eigenvalue weighted by Gasteiger charge is -2.18. The number of amides is 1. The number of methoxy groups -OCH3 is 1. The third-order valence-corrected chi connectivity index (χ3v) is 7.57. The van der Waals surface area contributed by atoms with Crippen LogP contribution in [0.4, 0.5) is 36.1 Å². The van der Waals surface area contributed by atoms with Gasteiger partial charge in [-0.2, -0.15) is 18.3 Å². The van der Waals surface area contributed by atoms with Crippen molar-refractivity contribution in [3.8, 4) is 17.0 Å². The summed E-state index contributed by atoms with van der Waals surface area (Å²) >= 11 is 0. The molecule has 1 aromatic carbocycles. The molecular formula is C29H32F3N7O5P+. The molecular weight excluding hydrogens is 614 g/mol. The van der Waals surface area contributed by atoms with Gasteiger partial charge in [-0.15, -0.1) is 4.52 Å². The largest absolute Gasteiger partial charge is 0.512 e. The molecule has 12 nitrogen and oxygen atoms in total. The average molecular weight is 647 g/mol. The molecule has 16 heteroatoms. The second-order valence-corrected chi connectivity index (χ2v) is 10.8. The van der Waals surface area contributed by atoms with Crippen LogP contribution in [0.5, 0.6) is 5.75 Å². The predicted octanol–water partition coefficient (Wildman–Crippen LogP) is 5.88. The smallest absolute Gasteiger partial charge is 0.495 e. The van der Waals surface area contributed by atoms with Crippen LogP contribution in [0.1, 0.15) is 35.0 Å². The van der Waals surface area contributed by atoms with Gasteiger partial charge in [-0.3, -0.25) is 9.48 Å². The average Bonchev–Trinajstić information content (AvgIpc) is 3.49. The van der Waals surface area contributed by atoms with Crippen molar-refractivity contribution in [3.05, 3.63) is 71.8 Å². The van der Waals surface area contributed by atoms with E-state index in [1.165, 1.54) is 20.2 Å². The molecule has 0 bridgehead atoms. The Kier molecular flexibility index (Phi) is 11.0. The second-order valence-electron chi connectivity index (χ2n) is 9.55. The van der Waals surface area contributed by atoms with E-state index in [2.05, 4.69) is 31.0 Å². The molecule has 3 aromatic heterocycles. The van der Waals surface area contributed by atoms with E-state index in [0.29, 0.717) is 54.0 Å². The van der Waals surface area contributed by atoms with Gasteiger partial charge in [0.2, 0.25) is 6.16 Å². The number of anilines is 4. The van der Waals surface area contributed by atoms with Crippen LogP contribution < -0.4 is 20.7 Å². The minimum atomic E-state index is -4.77.